The summed E-state index contributed by atoms with van der Waals surface area (Å²) in [7, 11) is -1.64. The van der Waals surface area contributed by atoms with Gasteiger partial charge in [-0.05, 0) is 38.2 Å². The summed E-state index contributed by atoms with van der Waals surface area (Å²) in [5.41, 5.74) is 1.16. The first-order valence-corrected chi connectivity index (χ1v) is 9.23. The maximum absolute atomic E-state index is 12.2. The van der Waals surface area contributed by atoms with Gasteiger partial charge in [0.25, 0.3) is 10.2 Å². The van der Waals surface area contributed by atoms with Crippen molar-refractivity contribution in [1.29, 1.82) is 0 Å². The van der Waals surface area contributed by atoms with Gasteiger partial charge in [0.15, 0.2) is 0 Å². The van der Waals surface area contributed by atoms with Gasteiger partial charge in [0, 0.05) is 26.2 Å². The number of ether oxygens (including phenoxy) is 1. The summed E-state index contributed by atoms with van der Waals surface area (Å²) in [6.07, 6.45) is 1.66. The lowest BCUT2D eigenvalue weighted by Gasteiger charge is -2.35. The Kier molecular flexibility index (Phi) is 5.97. The Morgan fingerprint density at radius 3 is 2.27 bits per heavy atom. The van der Waals surface area contributed by atoms with Gasteiger partial charge in [0.05, 0.1) is 6.10 Å². The number of methoxy groups -OCH3 is 1. The molecule has 1 N–H and O–H groups in total. The van der Waals surface area contributed by atoms with Crippen LogP contribution in [-0.2, 0) is 14.9 Å². The zero-order valence-corrected chi connectivity index (χ0v) is 14.3. The summed E-state index contributed by atoms with van der Waals surface area (Å²) in [6, 6.07) is 10.1. The molecule has 0 amide bonds. The number of nitrogens with zero attached hydrogens (tertiary/aromatic N) is 1. The van der Waals surface area contributed by atoms with Crippen LogP contribution in [0.3, 0.4) is 0 Å². The van der Waals surface area contributed by atoms with E-state index in [1.54, 1.807) is 11.4 Å². The lowest BCUT2D eigenvalue weighted by molar-refractivity contribution is 0.0302. The van der Waals surface area contributed by atoms with Crippen molar-refractivity contribution in [1.82, 2.24) is 9.03 Å². The van der Waals surface area contributed by atoms with Crippen molar-refractivity contribution in [3.05, 3.63) is 35.9 Å². The maximum atomic E-state index is 12.2. The zero-order chi connectivity index (χ0) is 16.2. The molecular formula is C16H26N2O3S. The van der Waals surface area contributed by atoms with E-state index in [0.29, 0.717) is 19.0 Å². The minimum atomic E-state index is -3.36. The van der Waals surface area contributed by atoms with Crippen molar-refractivity contribution in [3.63, 3.8) is 0 Å². The van der Waals surface area contributed by atoms with Gasteiger partial charge in [-0.15, -0.1) is 0 Å². The molecule has 1 fully saturated rings. The largest absolute Gasteiger partial charge is 0.376 e. The van der Waals surface area contributed by atoms with Crippen LogP contribution < -0.4 is 4.72 Å². The Labute approximate surface area is 133 Å². The molecule has 1 heterocycles. The van der Waals surface area contributed by atoms with E-state index < -0.39 is 10.2 Å². The Morgan fingerprint density at radius 1 is 1.18 bits per heavy atom. The molecular weight excluding hydrogens is 300 g/mol. The van der Waals surface area contributed by atoms with E-state index in [-0.39, 0.29) is 12.1 Å². The topological polar surface area (TPSA) is 58.6 Å². The molecule has 22 heavy (non-hydrogen) atoms. The fourth-order valence-electron chi connectivity index (χ4n) is 3.03. The van der Waals surface area contributed by atoms with Crippen molar-refractivity contribution in [2.45, 2.75) is 38.8 Å². The van der Waals surface area contributed by atoms with Gasteiger partial charge in [0.1, 0.15) is 0 Å². The third-order valence-corrected chi connectivity index (χ3v) is 5.85. The van der Waals surface area contributed by atoms with Crippen molar-refractivity contribution < 1.29 is 13.2 Å². The van der Waals surface area contributed by atoms with E-state index >= 15 is 0 Å². The highest BCUT2D eigenvalue weighted by atomic mass is 32.2. The van der Waals surface area contributed by atoms with Crippen molar-refractivity contribution in [3.8, 4) is 0 Å². The Hall–Kier alpha value is -0.950. The number of piperidine rings is 1. The highest BCUT2D eigenvalue weighted by Gasteiger charge is 2.32. The summed E-state index contributed by atoms with van der Waals surface area (Å²) in [5, 5.41) is 0. The van der Waals surface area contributed by atoms with Crippen molar-refractivity contribution in [2.24, 2.45) is 5.92 Å². The number of hydrogen-bond acceptors (Lipinski definition) is 3. The fraction of sp³-hybridized carbons (Fsp3) is 0.625. The average molecular weight is 326 g/mol. The van der Waals surface area contributed by atoms with E-state index in [0.717, 1.165) is 18.4 Å². The van der Waals surface area contributed by atoms with Crippen molar-refractivity contribution in [2.75, 3.05) is 20.2 Å². The Balaban J connectivity index is 1.99. The van der Waals surface area contributed by atoms with E-state index in [9.17, 15) is 8.42 Å². The van der Waals surface area contributed by atoms with Crippen LogP contribution in [0.2, 0.25) is 0 Å². The predicted octanol–water partition coefficient (Wildman–Crippen LogP) is 2.33. The second kappa shape index (κ2) is 7.55. The molecule has 0 spiro atoms. The molecule has 0 bridgehead atoms. The summed E-state index contributed by atoms with van der Waals surface area (Å²) in [4.78, 5) is 0. The highest BCUT2D eigenvalue weighted by molar-refractivity contribution is 7.87. The molecule has 1 aromatic carbocycles. The summed E-state index contributed by atoms with van der Waals surface area (Å²) >= 11 is 0. The first-order valence-electron chi connectivity index (χ1n) is 7.79. The number of hydrogen-bond donors (Lipinski definition) is 1. The highest BCUT2D eigenvalue weighted by Crippen LogP contribution is 2.33. The number of nitrogens with one attached hydrogen (secondary N) is 1. The summed E-state index contributed by atoms with van der Waals surface area (Å²) in [6.45, 7) is 4.75. The smallest absolute Gasteiger partial charge is 0.279 e. The molecule has 5 nitrogen and oxygen atoms in total. The molecule has 0 aliphatic carbocycles. The summed E-state index contributed by atoms with van der Waals surface area (Å²) in [5.74, 6) is 0.345. The minimum absolute atomic E-state index is 0.0316. The van der Waals surface area contributed by atoms with Crippen LogP contribution in [0.1, 0.15) is 38.4 Å². The molecule has 6 heteroatoms. The molecule has 1 saturated heterocycles. The lowest BCUT2D eigenvalue weighted by Crippen LogP contribution is -2.47. The molecule has 0 saturated carbocycles. The predicted molar refractivity (Wildman–Crippen MR) is 87.7 cm³/mol. The van der Waals surface area contributed by atoms with Crippen molar-refractivity contribution >= 4 is 10.2 Å². The number of benzene rings is 1. The fourth-order valence-corrected chi connectivity index (χ4v) is 4.47. The SMILES string of the molecule is COC(c1ccccc1)C1CCN(S(=O)(=O)NC(C)C)CC1. The van der Waals surface area contributed by atoms with E-state index in [1.165, 1.54) is 0 Å². The average Bonchev–Trinajstić information content (AvgIpc) is 2.48. The van der Waals surface area contributed by atoms with Gasteiger partial charge >= 0.3 is 0 Å². The molecule has 0 radical (unpaired) electrons. The first kappa shape index (κ1) is 17.4. The molecule has 1 aromatic rings. The van der Waals surface area contributed by atoms with Crippen LogP contribution in [0, 0.1) is 5.92 Å². The molecule has 1 unspecified atom stereocenters. The van der Waals surface area contributed by atoms with Gasteiger partial charge in [0.2, 0.25) is 0 Å². The molecule has 124 valence electrons. The molecule has 1 aliphatic heterocycles. The molecule has 2 rings (SSSR count). The third kappa shape index (κ3) is 4.29. The monoisotopic (exact) mass is 326 g/mol. The van der Waals surface area contributed by atoms with Gasteiger partial charge < -0.3 is 4.74 Å². The second-order valence-corrected chi connectivity index (χ2v) is 7.78. The van der Waals surface area contributed by atoms with E-state index in [4.69, 9.17) is 4.74 Å². The maximum Gasteiger partial charge on any atom is 0.279 e. The van der Waals surface area contributed by atoms with Crippen LogP contribution in [0.5, 0.6) is 0 Å². The van der Waals surface area contributed by atoms with Gasteiger partial charge in [-0.25, -0.2) is 0 Å². The number of rotatable bonds is 6. The standard InChI is InChI=1S/C16H26N2O3S/c1-13(2)17-22(19,20)18-11-9-15(10-12-18)16(21-3)14-7-5-4-6-8-14/h4-8,13,15-17H,9-12H2,1-3H3. The van der Waals surface area contributed by atoms with Crippen LogP contribution in [0.4, 0.5) is 0 Å². The molecule has 1 atom stereocenters. The second-order valence-electron chi connectivity index (χ2n) is 6.08. The zero-order valence-electron chi connectivity index (χ0n) is 13.5. The van der Waals surface area contributed by atoms with Gasteiger partial charge in [-0.1, -0.05) is 30.3 Å². The van der Waals surface area contributed by atoms with Gasteiger partial charge in [-0.2, -0.15) is 17.4 Å². The van der Waals surface area contributed by atoms with Gasteiger partial charge in [-0.3, -0.25) is 0 Å². The quantitative estimate of drug-likeness (QED) is 0.873. The first-order chi connectivity index (χ1) is 10.4. The van der Waals surface area contributed by atoms with Crippen LogP contribution in [0.15, 0.2) is 30.3 Å². The van der Waals surface area contributed by atoms with Crippen LogP contribution in [0.25, 0.3) is 0 Å². The summed E-state index contributed by atoms with van der Waals surface area (Å²) < 4.78 is 34.3. The van der Waals surface area contributed by atoms with Crippen LogP contribution in [-0.4, -0.2) is 39.0 Å². The Morgan fingerprint density at radius 2 is 1.77 bits per heavy atom. The van der Waals surface area contributed by atoms with E-state index in [1.807, 2.05) is 32.0 Å². The third-order valence-electron chi connectivity index (χ3n) is 4.03. The van der Waals surface area contributed by atoms with Crippen LogP contribution >= 0.6 is 0 Å². The molecule has 1 aliphatic rings. The van der Waals surface area contributed by atoms with E-state index in [2.05, 4.69) is 16.9 Å². The lowest BCUT2D eigenvalue weighted by atomic mass is 9.88. The Bertz CT molecular complexity index is 552. The normalized spacial score (nSPS) is 19.5. The molecule has 0 aromatic heterocycles. The minimum Gasteiger partial charge on any atom is -0.376 e.